The Morgan fingerprint density at radius 1 is 1.18 bits per heavy atom. The summed E-state index contributed by atoms with van der Waals surface area (Å²) in [6, 6.07) is 3.08. The highest BCUT2D eigenvalue weighted by Gasteiger charge is 2.32. The van der Waals surface area contributed by atoms with Crippen molar-refractivity contribution in [3.63, 3.8) is 0 Å². The summed E-state index contributed by atoms with van der Waals surface area (Å²) in [6.07, 6.45) is -1.47. The van der Waals surface area contributed by atoms with E-state index in [4.69, 9.17) is 0 Å². The first-order valence-corrected chi connectivity index (χ1v) is 8.30. The van der Waals surface area contributed by atoms with Crippen LogP contribution in [0.5, 0.6) is 0 Å². The second-order valence-electron chi connectivity index (χ2n) is 7.10. The van der Waals surface area contributed by atoms with E-state index in [0.717, 1.165) is 12.1 Å². The third kappa shape index (κ3) is 3.87. The molecular formula is C17H18F3N7O. The summed E-state index contributed by atoms with van der Waals surface area (Å²) in [7, 11) is 0. The minimum absolute atomic E-state index is 0.0481. The number of alkyl halides is 3. The van der Waals surface area contributed by atoms with Gasteiger partial charge in [-0.2, -0.15) is 18.0 Å². The molecule has 0 atom stereocenters. The predicted octanol–water partition coefficient (Wildman–Crippen LogP) is 3.19. The van der Waals surface area contributed by atoms with Crippen molar-refractivity contribution >= 4 is 11.6 Å². The number of tetrazole rings is 1. The minimum atomic E-state index is -4.56. The first-order valence-electron chi connectivity index (χ1n) is 8.30. The topological polar surface area (TPSA) is 90.5 Å². The average Bonchev–Trinajstić information content (AvgIpc) is 3.22. The van der Waals surface area contributed by atoms with Gasteiger partial charge in [0, 0.05) is 12.4 Å². The molecule has 3 aromatic rings. The van der Waals surface area contributed by atoms with Gasteiger partial charge in [0.25, 0.3) is 11.7 Å². The third-order valence-corrected chi connectivity index (χ3v) is 3.87. The van der Waals surface area contributed by atoms with Crippen molar-refractivity contribution in [1.82, 2.24) is 29.8 Å². The van der Waals surface area contributed by atoms with Crippen LogP contribution in [-0.2, 0) is 11.7 Å². The Hall–Kier alpha value is -3.24. The molecule has 0 fully saturated rings. The maximum atomic E-state index is 13.1. The lowest BCUT2D eigenvalue weighted by Crippen LogP contribution is -2.25. The van der Waals surface area contributed by atoms with Gasteiger partial charge in [-0.1, -0.05) is 0 Å². The van der Waals surface area contributed by atoms with E-state index in [1.165, 1.54) is 17.1 Å². The lowest BCUT2D eigenvalue weighted by molar-refractivity contribution is -0.137. The van der Waals surface area contributed by atoms with Crippen LogP contribution in [0.15, 0.2) is 30.6 Å². The van der Waals surface area contributed by atoms with E-state index in [-0.39, 0.29) is 11.5 Å². The first kappa shape index (κ1) is 19.5. The molecule has 1 amide bonds. The highest BCUT2D eigenvalue weighted by molar-refractivity contribution is 6.02. The number of halogens is 3. The van der Waals surface area contributed by atoms with Crippen LogP contribution in [-0.4, -0.2) is 35.7 Å². The first-order chi connectivity index (χ1) is 13.0. The number of anilines is 1. The zero-order valence-electron chi connectivity index (χ0n) is 15.6. The lowest BCUT2D eigenvalue weighted by atomic mass is 10.1. The van der Waals surface area contributed by atoms with E-state index in [1.807, 2.05) is 20.8 Å². The van der Waals surface area contributed by atoms with Crippen molar-refractivity contribution in [3.8, 4) is 5.69 Å². The molecule has 2 aromatic heterocycles. The van der Waals surface area contributed by atoms with Crippen molar-refractivity contribution in [1.29, 1.82) is 0 Å². The van der Waals surface area contributed by atoms with E-state index in [0.29, 0.717) is 11.5 Å². The van der Waals surface area contributed by atoms with Crippen molar-refractivity contribution in [2.45, 2.75) is 39.4 Å². The summed E-state index contributed by atoms with van der Waals surface area (Å²) < 4.78 is 41.0. The largest absolute Gasteiger partial charge is 0.416 e. The van der Waals surface area contributed by atoms with Crippen molar-refractivity contribution in [3.05, 3.63) is 47.8 Å². The van der Waals surface area contributed by atoms with Crippen LogP contribution >= 0.6 is 0 Å². The standard InChI is InChI=1S/C17H18F3N7O/c1-10-21-7-8-26(10)13-6-5-11(17(18,19)20)9-12(13)22-15(28)14-23-25-27(24-14)16(2,3)4/h5-9H,1-4H3,(H,22,28). The zero-order valence-corrected chi connectivity index (χ0v) is 15.6. The molecule has 2 heterocycles. The number of benzene rings is 1. The highest BCUT2D eigenvalue weighted by Crippen LogP contribution is 2.33. The number of nitrogens with zero attached hydrogens (tertiary/aromatic N) is 6. The van der Waals surface area contributed by atoms with Crippen LogP contribution in [0.4, 0.5) is 18.9 Å². The summed E-state index contributed by atoms with van der Waals surface area (Å²) in [6.45, 7) is 7.16. The maximum absolute atomic E-state index is 13.1. The molecule has 0 saturated heterocycles. The van der Waals surface area contributed by atoms with Crippen LogP contribution in [0.25, 0.3) is 5.69 Å². The molecule has 0 saturated carbocycles. The fraction of sp³-hybridized carbons (Fsp3) is 0.353. The monoisotopic (exact) mass is 393 g/mol. The lowest BCUT2D eigenvalue weighted by Gasteiger charge is -2.16. The Morgan fingerprint density at radius 2 is 1.89 bits per heavy atom. The zero-order chi connectivity index (χ0) is 20.7. The van der Waals surface area contributed by atoms with Gasteiger partial charge < -0.3 is 9.88 Å². The number of aryl methyl sites for hydroxylation is 1. The molecule has 1 aromatic carbocycles. The van der Waals surface area contributed by atoms with E-state index in [2.05, 4.69) is 25.7 Å². The maximum Gasteiger partial charge on any atom is 0.416 e. The van der Waals surface area contributed by atoms with Gasteiger partial charge in [-0.25, -0.2) is 4.98 Å². The second kappa shape index (κ2) is 6.73. The smallest absolute Gasteiger partial charge is 0.317 e. The molecular weight excluding hydrogens is 375 g/mol. The average molecular weight is 393 g/mol. The molecule has 148 valence electrons. The fourth-order valence-corrected chi connectivity index (χ4v) is 2.42. The van der Waals surface area contributed by atoms with E-state index in [1.54, 1.807) is 17.7 Å². The molecule has 3 rings (SSSR count). The molecule has 0 aliphatic carbocycles. The molecule has 1 N–H and O–H groups in total. The highest BCUT2D eigenvalue weighted by atomic mass is 19.4. The van der Waals surface area contributed by atoms with Gasteiger partial charge >= 0.3 is 6.18 Å². The quantitative estimate of drug-likeness (QED) is 0.738. The van der Waals surface area contributed by atoms with Crippen LogP contribution in [0.2, 0.25) is 0 Å². The fourth-order valence-electron chi connectivity index (χ4n) is 2.42. The summed E-state index contributed by atoms with van der Waals surface area (Å²) in [5.74, 6) is -0.471. The summed E-state index contributed by atoms with van der Waals surface area (Å²) in [4.78, 5) is 17.8. The van der Waals surface area contributed by atoms with Crippen LogP contribution in [0.1, 0.15) is 42.8 Å². The number of imidazole rings is 1. The Morgan fingerprint density at radius 3 is 2.43 bits per heavy atom. The number of amides is 1. The van der Waals surface area contributed by atoms with E-state index < -0.39 is 23.2 Å². The number of hydrogen-bond donors (Lipinski definition) is 1. The number of aromatic nitrogens is 6. The minimum Gasteiger partial charge on any atom is -0.317 e. The Kier molecular flexibility index (Phi) is 4.69. The van der Waals surface area contributed by atoms with Gasteiger partial charge in [-0.3, -0.25) is 4.79 Å². The summed E-state index contributed by atoms with van der Waals surface area (Å²) in [5.41, 5.74) is -1.11. The molecule has 11 heteroatoms. The van der Waals surface area contributed by atoms with Crippen molar-refractivity contribution in [2.75, 3.05) is 5.32 Å². The van der Waals surface area contributed by atoms with Crippen LogP contribution in [0, 0.1) is 6.92 Å². The van der Waals surface area contributed by atoms with Crippen LogP contribution in [0.3, 0.4) is 0 Å². The molecule has 0 unspecified atom stereocenters. The molecule has 0 aliphatic rings. The Balaban J connectivity index is 2.00. The predicted molar refractivity (Wildman–Crippen MR) is 94.1 cm³/mol. The molecule has 0 spiro atoms. The molecule has 8 nitrogen and oxygen atoms in total. The number of carbonyl (C=O) groups excluding carboxylic acids is 1. The number of nitrogens with one attached hydrogen (secondary N) is 1. The molecule has 0 bridgehead atoms. The second-order valence-corrected chi connectivity index (χ2v) is 7.10. The van der Waals surface area contributed by atoms with Gasteiger partial charge in [0.1, 0.15) is 5.82 Å². The van der Waals surface area contributed by atoms with Gasteiger partial charge in [0.2, 0.25) is 0 Å². The van der Waals surface area contributed by atoms with Gasteiger partial charge in [0.15, 0.2) is 0 Å². The van der Waals surface area contributed by atoms with Gasteiger partial charge in [-0.15, -0.1) is 10.2 Å². The Labute approximate surface area is 158 Å². The number of carbonyl (C=O) groups is 1. The molecule has 0 aliphatic heterocycles. The van der Waals surface area contributed by atoms with E-state index in [9.17, 15) is 18.0 Å². The Bertz CT molecular complexity index is 1010. The number of rotatable bonds is 3. The van der Waals surface area contributed by atoms with E-state index >= 15 is 0 Å². The summed E-state index contributed by atoms with van der Waals surface area (Å²) in [5, 5.41) is 14.0. The van der Waals surface area contributed by atoms with Crippen LogP contribution < -0.4 is 5.32 Å². The normalized spacial score (nSPS) is 12.2. The molecule has 0 radical (unpaired) electrons. The van der Waals surface area contributed by atoms with Gasteiger partial charge in [0.05, 0.1) is 22.5 Å². The van der Waals surface area contributed by atoms with Gasteiger partial charge in [-0.05, 0) is 51.1 Å². The molecule has 28 heavy (non-hydrogen) atoms. The summed E-state index contributed by atoms with van der Waals surface area (Å²) >= 11 is 0. The number of hydrogen-bond acceptors (Lipinski definition) is 5. The SMILES string of the molecule is Cc1nccn1-c1ccc(C(F)(F)F)cc1NC(=O)c1nnn(C(C)(C)C)n1. The third-order valence-electron chi connectivity index (χ3n) is 3.87. The van der Waals surface area contributed by atoms with Crippen molar-refractivity contribution in [2.24, 2.45) is 0 Å². The van der Waals surface area contributed by atoms with Crippen molar-refractivity contribution < 1.29 is 18.0 Å².